The lowest BCUT2D eigenvalue weighted by Crippen LogP contribution is -2.11. The zero-order valence-corrected chi connectivity index (χ0v) is 8.11. The first kappa shape index (κ1) is 8.67. The normalized spacial score (nSPS) is 22.8. The van der Waals surface area contributed by atoms with Gasteiger partial charge in [0.05, 0.1) is 0 Å². The number of rotatable bonds is 1. The average Bonchev–Trinajstić information content (AvgIpc) is 1.86. The van der Waals surface area contributed by atoms with E-state index in [0.717, 1.165) is 11.7 Å². The summed E-state index contributed by atoms with van der Waals surface area (Å²) in [5.41, 5.74) is 1.49. The van der Waals surface area contributed by atoms with Crippen LogP contribution in [0.4, 0.5) is 0 Å². The first-order valence-electron chi connectivity index (χ1n) is 3.77. The molecule has 0 aliphatic heterocycles. The van der Waals surface area contributed by atoms with E-state index < -0.39 is 0 Å². The van der Waals surface area contributed by atoms with Crippen LogP contribution in [0.2, 0.25) is 0 Å². The number of hydrogen-bond acceptors (Lipinski definition) is 1. The van der Waals surface area contributed by atoms with E-state index in [9.17, 15) is 4.57 Å². The summed E-state index contributed by atoms with van der Waals surface area (Å²) in [7, 11) is 0.152. The van der Waals surface area contributed by atoms with Crippen LogP contribution < -0.4 is 0 Å². The van der Waals surface area contributed by atoms with Crippen molar-refractivity contribution in [3.05, 3.63) is 23.0 Å². The molecule has 0 fully saturated rings. The van der Waals surface area contributed by atoms with Crippen LogP contribution in [-0.2, 0) is 4.57 Å². The third-order valence-electron chi connectivity index (χ3n) is 1.95. The highest BCUT2D eigenvalue weighted by molar-refractivity contribution is 7.29. The molecule has 1 aliphatic rings. The Bertz CT molecular complexity index is 236. The van der Waals surface area contributed by atoms with E-state index in [1.54, 1.807) is 0 Å². The fourth-order valence-electron chi connectivity index (χ4n) is 1.39. The third kappa shape index (κ3) is 2.00. The standard InChI is InChI=1S/C9H13OP/c1-7-6-9(2,3)5-4-8(7)11-10/h4-5H,6H2,1-3H3. The predicted octanol–water partition coefficient (Wildman–Crippen LogP) is 3.54. The second kappa shape index (κ2) is 2.91. The van der Waals surface area contributed by atoms with Gasteiger partial charge in [-0.15, -0.1) is 0 Å². The van der Waals surface area contributed by atoms with Gasteiger partial charge >= 0.3 is 0 Å². The summed E-state index contributed by atoms with van der Waals surface area (Å²) in [6.45, 7) is 6.42. The molecular formula is C9H13OP. The van der Waals surface area contributed by atoms with Crippen molar-refractivity contribution in [1.29, 1.82) is 0 Å². The van der Waals surface area contributed by atoms with Gasteiger partial charge in [-0.3, -0.25) is 4.57 Å². The van der Waals surface area contributed by atoms with E-state index in [2.05, 4.69) is 19.9 Å². The summed E-state index contributed by atoms with van der Waals surface area (Å²) in [4.78, 5) is 0. The quantitative estimate of drug-likeness (QED) is 0.547. The van der Waals surface area contributed by atoms with Crippen LogP contribution in [0.25, 0.3) is 0 Å². The van der Waals surface area contributed by atoms with E-state index >= 15 is 0 Å². The van der Waals surface area contributed by atoms with Crippen LogP contribution in [0, 0.1) is 5.41 Å². The first-order valence-corrected chi connectivity index (χ1v) is 4.59. The molecule has 1 rings (SSSR count). The molecule has 0 saturated carbocycles. The van der Waals surface area contributed by atoms with Gasteiger partial charge in [-0.05, 0) is 18.8 Å². The Labute approximate surface area is 69.4 Å². The molecule has 0 N–H and O–H groups in total. The minimum absolute atomic E-state index is 0.152. The molecule has 0 atom stereocenters. The summed E-state index contributed by atoms with van der Waals surface area (Å²) >= 11 is 0. The lowest BCUT2D eigenvalue weighted by atomic mass is 9.82. The third-order valence-corrected chi connectivity index (χ3v) is 2.68. The second-order valence-corrected chi connectivity index (χ2v) is 4.42. The Morgan fingerprint density at radius 1 is 1.55 bits per heavy atom. The van der Waals surface area contributed by atoms with Gasteiger partial charge in [-0.1, -0.05) is 31.6 Å². The van der Waals surface area contributed by atoms with Crippen LogP contribution in [0.1, 0.15) is 27.2 Å². The van der Waals surface area contributed by atoms with Gasteiger partial charge in [-0.2, -0.15) is 0 Å². The molecule has 0 unspecified atom stereocenters. The number of hydrogen-bond donors (Lipinski definition) is 0. The molecule has 1 nitrogen and oxygen atoms in total. The molecule has 0 saturated heterocycles. The highest BCUT2D eigenvalue weighted by atomic mass is 31.1. The number of allylic oxidation sites excluding steroid dienone is 4. The molecule has 0 aromatic carbocycles. The van der Waals surface area contributed by atoms with Crippen LogP contribution in [0.5, 0.6) is 0 Å². The van der Waals surface area contributed by atoms with E-state index in [4.69, 9.17) is 0 Å². The van der Waals surface area contributed by atoms with Crippen LogP contribution in [0.3, 0.4) is 0 Å². The van der Waals surface area contributed by atoms with Gasteiger partial charge in [0.1, 0.15) is 0 Å². The molecule has 2 heteroatoms. The molecule has 0 spiro atoms. The van der Waals surface area contributed by atoms with Gasteiger partial charge in [0.2, 0.25) is 0 Å². The maximum atomic E-state index is 10.6. The molecule has 11 heavy (non-hydrogen) atoms. The molecule has 0 aromatic heterocycles. The van der Waals surface area contributed by atoms with Crippen molar-refractivity contribution in [3.8, 4) is 0 Å². The zero-order valence-electron chi connectivity index (χ0n) is 7.22. The topological polar surface area (TPSA) is 17.1 Å². The Hall–Kier alpha value is -0.420. The fraction of sp³-hybridized carbons (Fsp3) is 0.556. The Morgan fingerprint density at radius 2 is 2.18 bits per heavy atom. The average molecular weight is 168 g/mol. The summed E-state index contributed by atoms with van der Waals surface area (Å²) in [6, 6.07) is 0. The van der Waals surface area contributed by atoms with Crippen molar-refractivity contribution in [2.75, 3.05) is 0 Å². The van der Waals surface area contributed by atoms with Crippen molar-refractivity contribution in [1.82, 2.24) is 0 Å². The van der Waals surface area contributed by atoms with Crippen molar-refractivity contribution in [2.45, 2.75) is 27.2 Å². The molecule has 0 amide bonds. The molecule has 60 valence electrons. The van der Waals surface area contributed by atoms with Gasteiger partial charge in [0.25, 0.3) is 0 Å². The van der Waals surface area contributed by atoms with E-state index in [0.29, 0.717) is 0 Å². The lowest BCUT2D eigenvalue weighted by Gasteiger charge is -2.24. The molecule has 1 aliphatic carbocycles. The SMILES string of the molecule is CC1=C(P=O)C=CC(C)(C)C1. The first-order chi connectivity index (χ1) is 5.05. The van der Waals surface area contributed by atoms with Crippen molar-refractivity contribution < 1.29 is 4.57 Å². The van der Waals surface area contributed by atoms with Crippen LogP contribution in [-0.4, -0.2) is 0 Å². The summed E-state index contributed by atoms with van der Waals surface area (Å²) < 4.78 is 10.6. The van der Waals surface area contributed by atoms with Gasteiger partial charge in [0, 0.05) is 5.31 Å². The molecule has 0 bridgehead atoms. The maximum absolute atomic E-state index is 10.6. The minimum Gasteiger partial charge on any atom is -0.269 e. The molecular weight excluding hydrogens is 155 g/mol. The highest BCUT2D eigenvalue weighted by Gasteiger charge is 2.19. The van der Waals surface area contributed by atoms with Gasteiger partial charge in [-0.25, -0.2) is 0 Å². The largest absolute Gasteiger partial charge is 0.269 e. The lowest BCUT2D eigenvalue weighted by molar-refractivity contribution is 0.469. The predicted molar refractivity (Wildman–Crippen MR) is 47.8 cm³/mol. The fourth-order valence-corrected chi connectivity index (χ4v) is 1.76. The smallest absolute Gasteiger partial charge is 0.192 e. The summed E-state index contributed by atoms with van der Waals surface area (Å²) in [5.74, 6) is 0. The Balaban J connectivity index is 2.91. The molecule has 0 heterocycles. The van der Waals surface area contributed by atoms with Crippen molar-refractivity contribution in [2.24, 2.45) is 5.41 Å². The van der Waals surface area contributed by atoms with Crippen molar-refractivity contribution >= 4 is 8.46 Å². The Morgan fingerprint density at radius 3 is 2.64 bits per heavy atom. The van der Waals surface area contributed by atoms with Crippen molar-refractivity contribution in [3.63, 3.8) is 0 Å². The monoisotopic (exact) mass is 168 g/mol. The summed E-state index contributed by atoms with van der Waals surface area (Å²) in [5, 5.41) is 0.948. The zero-order chi connectivity index (χ0) is 8.48. The van der Waals surface area contributed by atoms with E-state index in [1.165, 1.54) is 5.57 Å². The molecule has 0 aromatic rings. The van der Waals surface area contributed by atoms with Gasteiger partial charge < -0.3 is 0 Å². The van der Waals surface area contributed by atoms with Crippen LogP contribution >= 0.6 is 8.46 Å². The van der Waals surface area contributed by atoms with Crippen LogP contribution in [0.15, 0.2) is 23.0 Å². The minimum atomic E-state index is 0.152. The maximum Gasteiger partial charge on any atom is 0.192 e. The van der Waals surface area contributed by atoms with E-state index in [-0.39, 0.29) is 13.9 Å². The van der Waals surface area contributed by atoms with Gasteiger partial charge in [0.15, 0.2) is 8.46 Å². The summed E-state index contributed by atoms with van der Waals surface area (Å²) in [6.07, 6.45) is 5.11. The second-order valence-electron chi connectivity index (χ2n) is 3.76. The Kier molecular flexibility index (Phi) is 2.29. The highest BCUT2D eigenvalue weighted by Crippen LogP contribution is 2.36. The molecule has 0 radical (unpaired) electrons. The van der Waals surface area contributed by atoms with E-state index in [1.807, 2.05) is 13.0 Å².